The summed E-state index contributed by atoms with van der Waals surface area (Å²) in [6, 6.07) is 24.6. The number of fused-ring (bicyclic) bond motifs is 3. The Morgan fingerprint density at radius 1 is 0.766 bits per heavy atom. The number of hydrogen-bond acceptors (Lipinski definition) is 8. The Morgan fingerprint density at radius 3 is 2.06 bits per heavy atom. The number of carbonyl (C=O) groups is 3. The van der Waals surface area contributed by atoms with Gasteiger partial charge in [-0.2, -0.15) is 8.42 Å². The van der Waals surface area contributed by atoms with Crippen molar-refractivity contribution in [2.45, 2.75) is 64.3 Å². The molecule has 0 radical (unpaired) electrons. The predicted octanol–water partition coefficient (Wildman–Crippen LogP) is 7.89. The van der Waals surface area contributed by atoms with Gasteiger partial charge in [0.05, 0.1) is 5.56 Å². The summed E-state index contributed by atoms with van der Waals surface area (Å²) in [4.78, 5) is 43.9. The number of unbranched alkanes of at least 4 members (excludes halogenated alkanes) is 3. The van der Waals surface area contributed by atoms with Crippen LogP contribution in [0, 0.1) is 0 Å². The van der Waals surface area contributed by atoms with Crippen molar-refractivity contribution in [1.82, 2.24) is 4.57 Å². The number of aromatic nitrogens is 1. The molecule has 0 fully saturated rings. The minimum Gasteiger partial charge on any atom is -0.378 e. The fraction of sp³-hybridized carbons (Fsp3) is 0.243. The van der Waals surface area contributed by atoms with Crippen LogP contribution in [0.25, 0.3) is 21.8 Å². The standard InChI is InChI=1S/C37H36N2O7S/c1-4-6-7-11-17-32(38-45-25(3)40)37(42)27-20-22-34-31(24-27)30-23-26(19-21-33(30)39(34)5-2)36(41)29-16-12-13-18-35(29)46-47(43,44)28-14-9-8-10-15-28/h8-10,12-16,18-24H,4-7,11,17H2,1-3H3/b38-32+. The first-order valence-electron chi connectivity index (χ1n) is 15.6. The lowest BCUT2D eigenvalue weighted by atomic mass is 9.98. The lowest BCUT2D eigenvalue weighted by Gasteiger charge is -2.11. The summed E-state index contributed by atoms with van der Waals surface area (Å²) in [5, 5.41) is 5.41. The van der Waals surface area contributed by atoms with Crippen LogP contribution in [0.4, 0.5) is 0 Å². The first-order valence-corrected chi connectivity index (χ1v) is 17.0. The van der Waals surface area contributed by atoms with Crippen molar-refractivity contribution in [3.8, 4) is 5.75 Å². The molecule has 1 heterocycles. The molecule has 0 unspecified atom stereocenters. The number of hydrogen-bond donors (Lipinski definition) is 0. The molecule has 1 aromatic heterocycles. The molecule has 0 aliphatic heterocycles. The molecule has 10 heteroatoms. The summed E-state index contributed by atoms with van der Waals surface area (Å²) < 4.78 is 33.5. The summed E-state index contributed by atoms with van der Waals surface area (Å²) in [6.07, 6.45) is 4.10. The van der Waals surface area contributed by atoms with Gasteiger partial charge >= 0.3 is 16.1 Å². The Balaban J connectivity index is 1.53. The minimum atomic E-state index is -4.18. The largest absolute Gasteiger partial charge is 0.378 e. The summed E-state index contributed by atoms with van der Waals surface area (Å²) in [5.41, 5.74) is 2.72. The number of Topliss-reactive ketones (excluding diaryl/α,β-unsaturated/α-hetero) is 1. The van der Waals surface area contributed by atoms with E-state index in [1.165, 1.54) is 31.2 Å². The molecule has 0 spiro atoms. The average Bonchev–Trinajstić information content (AvgIpc) is 3.40. The Morgan fingerprint density at radius 2 is 1.40 bits per heavy atom. The second kappa shape index (κ2) is 14.6. The second-order valence-corrected chi connectivity index (χ2v) is 12.7. The van der Waals surface area contributed by atoms with Gasteiger partial charge in [-0.3, -0.25) is 9.59 Å². The Hall–Kier alpha value is -5.09. The second-order valence-electron chi connectivity index (χ2n) is 11.1. The molecule has 0 aliphatic carbocycles. The van der Waals surface area contributed by atoms with Gasteiger partial charge in [-0.15, -0.1) is 0 Å². The van der Waals surface area contributed by atoms with Gasteiger partial charge in [0, 0.05) is 46.4 Å². The van der Waals surface area contributed by atoms with Crippen LogP contribution in [0.15, 0.2) is 101 Å². The summed E-state index contributed by atoms with van der Waals surface area (Å²) >= 11 is 0. The van der Waals surface area contributed by atoms with Crippen molar-refractivity contribution < 1.29 is 31.8 Å². The summed E-state index contributed by atoms with van der Waals surface area (Å²) in [7, 11) is -4.18. The van der Waals surface area contributed by atoms with Gasteiger partial charge < -0.3 is 13.6 Å². The average molecular weight is 653 g/mol. The van der Waals surface area contributed by atoms with Crippen molar-refractivity contribution in [1.29, 1.82) is 0 Å². The lowest BCUT2D eigenvalue weighted by Crippen LogP contribution is -2.16. The van der Waals surface area contributed by atoms with Crippen LogP contribution >= 0.6 is 0 Å². The van der Waals surface area contributed by atoms with Crippen LogP contribution in [0.2, 0.25) is 0 Å². The van der Waals surface area contributed by atoms with Gasteiger partial charge in [0.1, 0.15) is 10.6 Å². The highest BCUT2D eigenvalue weighted by molar-refractivity contribution is 7.87. The van der Waals surface area contributed by atoms with Crippen molar-refractivity contribution in [3.63, 3.8) is 0 Å². The molecule has 4 aromatic carbocycles. The van der Waals surface area contributed by atoms with Crippen LogP contribution in [0.1, 0.15) is 79.2 Å². The summed E-state index contributed by atoms with van der Waals surface area (Å²) in [6.45, 7) is 5.99. The fourth-order valence-corrected chi connectivity index (χ4v) is 6.54. The van der Waals surface area contributed by atoms with E-state index in [-0.39, 0.29) is 27.7 Å². The molecule has 9 nitrogen and oxygen atoms in total. The molecule has 0 saturated heterocycles. The third-order valence-corrected chi connectivity index (χ3v) is 9.13. The molecule has 0 N–H and O–H groups in total. The van der Waals surface area contributed by atoms with Gasteiger partial charge in [-0.25, -0.2) is 4.79 Å². The Bertz CT molecular complexity index is 2100. The molecule has 0 aliphatic rings. The van der Waals surface area contributed by atoms with Crippen LogP contribution in [0.5, 0.6) is 5.75 Å². The van der Waals surface area contributed by atoms with Gasteiger partial charge in [0.2, 0.25) is 5.78 Å². The monoisotopic (exact) mass is 652 g/mol. The highest BCUT2D eigenvalue weighted by Crippen LogP contribution is 2.33. The molecular weight excluding hydrogens is 616 g/mol. The van der Waals surface area contributed by atoms with E-state index < -0.39 is 21.9 Å². The van der Waals surface area contributed by atoms with Crippen LogP contribution in [-0.2, 0) is 26.3 Å². The first kappa shape index (κ1) is 33.3. The van der Waals surface area contributed by atoms with Gasteiger partial charge in [-0.1, -0.05) is 61.7 Å². The molecule has 5 rings (SSSR count). The summed E-state index contributed by atoms with van der Waals surface area (Å²) in [5.74, 6) is -1.44. The molecule has 0 amide bonds. The fourth-order valence-electron chi connectivity index (χ4n) is 5.57. The number of oxime groups is 1. The minimum absolute atomic E-state index is 0.0246. The number of carbonyl (C=O) groups excluding carboxylic acids is 3. The van der Waals surface area contributed by atoms with Crippen molar-refractivity contribution in [2.75, 3.05) is 0 Å². The Kier molecular flexibility index (Phi) is 10.3. The maximum Gasteiger partial charge on any atom is 0.339 e. The highest BCUT2D eigenvalue weighted by atomic mass is 32.2. The topological polar surface area (TPSA) is 121 Å². The lowest BCUT2D eigenvalue weighted by molar-refractivity contribution is -0.140. The molecule has 0 saturated carbocycles. The van der Waals surface area contributed by atoms with Crippen molar-refractivity contribution in [3.05, 3.63) is 108 Å². The highest BCUT2D eigenvalue weighted by Gasteiger charge is 2.23. The zero-order valence-corrected chi connectivity index (χ0v) is 27.4. The van der Waals surface area contributed by atoms with Crippen molar-refractivity contribution >= 4 is 55.2 Å². The van der Waals surface area contributed by atoms with E-state index in [4.69, 9.17) is 9.02 Å². The molecule has 242 valence electrons. The van der Waals surface area contributed by atoms with Crippen LogP contribution in [-0.4, -0.2) is 36.2 Å². The molecule has 47 heavy (non-hydrogen) atoms. The number of aryl methyl sites for hydroxylation is 1. The van der Waals surface area contributed by atoms with E-state index in [2.05, 4.69) is 16.6 Å². The number of nitrogens with zero attached hydrogens (tertiary/aromatic N) is 2. The van der Waals surface area contributed by atoms with Crippen LogP contribution in [0.3, 0.4) is 0 Å². The number of rotatable bonds is 14. The maximum absolute atomic E-state index is 13.9. The zero-order chi connectivity index (χ0) is 33.6. The number of benzene rings is 4. The third-order valence-electron chi connectivity index (χ3n) is 7.88. The quantitative estimate of drug-likeness (QED) is 0.0299. The van der Waals surface area contributed by atoms with E-state index >= 15 is 0 Å². The van der Waals surface area contributed by atoms with E-state index in [0.29, 0.717) is 24.1 Å². The Labute approximate surface area is 273 Å². The number of para-hydroxylation sites is 1. The van der Waals surface area contributed by atoms with Crippen molar-refractivity contribution in [2.24, 2.45) is 5.16 Å². The van der Waals surface area contributed by atoms with Crippen LogP contribution < -0.4 is 4.18 Å². The van der Waals surface area contributed by atoms with E-state index in [0.717, 1.165) is 47.5 Å². The van der Waals surface area contributed by atoms with E-state index in [1.807, 2.05) is 19.1 Å². The molecular formula is C37H36N2O7S. The predicted molar refractivity (Wildman–Crippen MR) is 182 cm³/mol. The van der Waals surface area contributed by atoms with E-state index in [1.54, 1.807) is 54.6 Å². The smallest absolute Gasteiger partial charge is 0.339 e. The zero-order valence-electron chi connectivity index (χ0n) is 26.6. The first-order chi connectivity index (χ1) is 22.6. The van der Waals surface area contributed by atoms with E-state index in [9.17, 15) is 22.8 Å². The normalized spacial score (nSPS) is 11.9. The maximum atomic E-state index is 13.9. The molecule has 5 aromatic rings. The molecule has 0 bridgehead atoms. The van der Waals surface area contributed by atoms with Gasteiger partial charge in [0.15, 0.2) is 11.5 Å². The SMILES string of the molecule is CCCCCC/C(=N\OC(C)=O)C(=O)c1ccc2c(c1)c1cc(C(=O)c3ccccc3OS(=O)(=O)c3ccccc3)ccc1n2CC. The third kappa shape index (κ3) is 7.33. The van der Waals surface area contributed by atoms with Gasteiger partial charge in [0.25, 0.3) is 0 Å². The molecule has 0 atom stereocenters. The van der Waals surface area contributed by atoms with Gasteiger partial charge in [-0.05, 0) is 80.4 Å². The number of ketones is 2.